The molecule has 0 spiro atoms. The zero-order valence-corrected chi connectivity index (χ0v) is 15.9. The molecule has 0 saturated heterocycles. The van der Waals surface area contributed by atoms with E-state index in [9.17, 15) is 4.79 Å². The van der Waals surface area contributed by atoms with E-state index in [1.807, 2.05) is 59.3 Å². The standard InChI is InChI=1S/C21H29N3O/c1-16(2)14-24(15-17(3)4)21(25)18-11-12-20(22-13-18)23(5)19-9-7-6-8-10-19/h6-13,16-17H,14-15H2,1-5H3. The van der Waals surface area contributed by atoms with Crippen LogP contribution in [0, 0.1) is 11.8 Å². The molecule has 0 N–H and O–H groups in total. The lowest BCUT2D eigenvalue weighted by molar-refractivity contribution is 0.0714. The van der Waals surface area contributed by atoms with E-state index in [-0.39, 0.29) is 5.91 Å². The largest absolute Gasteiger partial charge is 0.338 e. The first-order valence-electron chi connectivity index (χ1n) is 8.92. The van der Waals surface area contributed by atoms with Crippen molar-refractivity contribution in [2.24, 2.45) is 11.8 Å². The molecule has 0 atom stereocenters. The average molecular weight is 339 g/mol. The zero-order valence-electron chi connectivity index (χ0n) is 15.9. The summed E-state index contributed by atoms with van der Waals surface area (Å²) < 4.78 is 0. The van der Waals surface area contributed by atoms with E-state index in [1.54, 1.807) is 6.20 Å². The number of anilines is 2. The Bertz CT molecular complexity index is 655. The number of rotatable bonds is 7. The molecule has 0 fully saturated rings. The second-order valence-corrected chi connectivity index (χ2v) is 7.30. The number of aromatic nitrogens is 1. The van der Waals surface area contributed by atoms with Gasteiger partial charge >= 0.3 is 0 Å². The molecule has 0 unspecified atom stereocenters. The van der Waals surface area contributed by atoms with Crippen molar-refractivity contribution >= 4 is 17.4 Å². The van der Waals surface area contributed by atoms with E-state index in [1.165, 1.54) is 0 Å². The highest BCUT2D eigenvalue weighted by atomic mass is 16.2. The van der Waals surface area contributed by atoms with Crippen molar-refractivity contribution < 1.29 is 4.79 Å². The molecule has 1 aromatic carbocycles. The maximum Gasteiger partial charge on any atom is 0.255 e. The second kappa shape index (κ2) is 8.65. The van der Waals surface area contributed by atoms with Crippen molar-refractivity contribution in [1.82, 2.24) is 9.88 Å². The number of para-hydroxylation sites is 1. The third-order valence-electron chi connectivity index (χ3n) is 3.94. The molecule has 0 aliphatic heterocycles. The fourth-order valence-corrected chi connectivity index (χ4v) is 2.80. The highest BCUT2D eigenvalue weighted by Gasteiger charge is 2.18. The predicted molar refractivity (Wildman–Crippen MR) is 104 cm³/mol. The Morgan fingerprint density at radius 3 is 2.04 bits per heavy atom. The summed E-state index contributed by atoms with van der Waals surface area (Å²) in [5, 5.41) is 0. The van der Waals surface area contributed by atoms with Crippen LogP contribution in [-0.2, 0) is 0 Å². The van der Waals surface area contributed by atoms with E-state index in [4.69, 9.17) is 0 Å². The number of carbonyl (C=O) groups excluding carboxylic acids is 1. The number of hydrogen-bond acceptors (Lipinski definition) is 3. The Morgan fingerprint density at radius 2 is 1.56 bits per heavy atom. The molecule has 4 heteroatoms. The summed E-state index contributed by atoms with van der Waals surface area (Å²) in [6.45, 7) is 10.1. The van der Waals surface area contributed by atoms with Crippen molar-refractivity contribution in [3.8, 4) is 0 Å². The Morgan fingerprint density at radius 1 is 0.960 bits per heavy atom. The van der Waals surface area contributed by atoms with Crippen LogP contribution in [0.15, 0.2) is 48.7 Å². The molecule has 2 aromatic rings. The first kappa shape index (κ1) is 19.0. The lowest BCUT2D eigenvalue weighted by Crippen LogP contribution is -2.37. The van der Waals surface area contributed by atoms with Crippen molar-refractivity contribution in [2.75, 3.05) is 25.0 Å². The SMILES string of the molecule is CC(C)CN(CC(C)C)C(=O)c1ccc(N(C)c2ccccc2)nc1. The lowest BCUT2D eigenvalue weighted by atomic mass is 10.1. The molecule has 0 saturated carbocycles. The van der Waals surface area contributed by atoms with Crippen molar-refractivity contribution in [1.29, 1.82) is 0 Å². The molecule has 1 amide bonds. The molecule has 2 rings (SSSR count). The third kappa shape index (κ3) is 5.31. The minimum Gasteiger partial charge on any atom is -0.338 e. The topological polar surface area (TPSA) is 36.4 Å². The van der Waals surface area contributed by atoms with Crippen LogP contribution in [0.5, 0.6) is 0 Å². The summed E-state index contributed by atoms with van der Waals surface area (Å²) in [6, 6.07) is 13.8. The highest BCUT2D eigenvalue weighted by Crippen LogP contribution is 2.21. The minimum absolute atomic E-state index is 0.0591. The van der Waals surface area contributed by atoms with E-state index in [0.717, 1.165) is 24.6 Å². The number of hydrogen-bond donors (Lipinski definition) is 0. The zero-order chi connectivity index (χ0) is 18.4. The number of amides is 1. The van der Waals surface area contributed by atoms with Crippen molar-refractivity contribution in [2.45, 2.75) is 27.7 Å². The monoisotopic (exact) mass is 339 g/mol. The molecule has 1 heterocycles. The van der Waals surface area contributed by atoms with E-state index in [2.05, 4.69) is 32.7 Å². The average Bonchev–Trinajstić information content (AvgIpc) is 2.60. The first-order valence-corrected chi connectivity index (χ1v) is 8.92. The van der Waals surface area contributed by atoms with E-state index < -0.39 is 0 Å². The van der Waals surface area contributed by atoms with Gasteiger partial charge in [0.05, 0.1) is 5.56 Å². The summed E-state index contributed by atoms with van der Waals surface area (Å²) >= 11 is 0. The van der Waals surface area contributed by atoms with E-state index in [0.29, 0.717) is 17.4 Å². The van der Waals surface area contributed by atoms with Gasteiger partial charge in [0, 0.05) is 32.0 Å². The summed E-state index contributed by atoms with van der Waals surface area (Å²) in [6.07, 6.45) is 1.69. The van der Waals surface area contributed by atoms with Gasteiger partial charge in [-0.25, -0.2) is 4.98 Å². The molecule has 0 radical (unpaired) electrons. The summed E-state index contributed by atoms with van der Waals surface area (Å²) in [5.41, 5.74) is 1.71. The number of nitrogens with zero attached hydrogens (tertiary/aromatic N) is 3. The van der Waals surface area contributed by atoms with Gasteiger partial charge in [-0.05, 0) is 36.1 Å². The maximum atomic E-state index is 12.8. The van der Waals surface area contributed by atoms with Gasteiger partial charge in [0.1, 0.15) is 5.82 Å². The molecule has 0 aliphatic carbocycles. The fourth-order valence-electron chi connectivity index (χ4n) is 2.80. The molecule has 0 bridgehead atoms. The Labute approximate surface area is 151 Å². The third-order valence-corrected chi connectivity index (χ3v) is 3.94. The second-order valence-electron chi connectivity index (χ2n) is 7.30. The number of pyridine rings is 1. The van der Waals surface area contributed by atoms with E-state index >= 15 is 0 Å². The van der Waals surface area contributed by atoms with Crippen molar-refractivity contribution in [3.05, 3.63) is 54.2 Å². The molecular weight excluding hydrogens is 310 g/mol. The first-order chi connectivity index (χ1) is 11.9. The molecule has 25 heavy (non-hydrogen) atoms. The quantitative estimate of drug-likeness (QED) is 0.739. The fraction of sp³-hybridized carbons (Fsp3) is 0.429. The Hall–Kier alpha value is -2.36. The van der Waals surface area contributed by atoms with Crippen LogP contribution in [0.4, 0.5) is 11.5 Å². The number of carbonyl (C=O) groups is 1. The van der Waals surface area contributed by atoms with Crippen LogP contribution in [0.2, 0.25) is 0 Å². The normalized spacial score (nSPS) is 11.0. The van der Waals surface area contributed by atoms with Gasteiger partial charge in [-0.1, -0.05) is 45.9 Å². The van der Waals surface area contributed by atoms with Crippen LogP contribution < -0.4 is 4.90 Å². The molecular formula is C21H29N3O. The van der Waals surface area contributed by atoms with Gasteiger partial charge in [0.15, 0.2) is 0 Å². The smallest absolute Gasteiger partial charge is 0.255 e. The highest BCUT2D eigenvalue weighted by molar-refractivity contribution is 5.94. The summed E-state index contributed by atoms with van der Waals surface area (Å²) in [4.78, 5) is 21.3. The van der Waals surface area contributed by atoms with Crippen LogP contribution in [0.25, 0.3) is 0 Å². The van der Waals surface area contributed by atoms with Gasteiger partial charge in [0.2, 0.25) is 0 Å². The van der Waals surface area contributed by atoms with Gasteiger partial charge in [-0.2, -0.15) is 0 Å². The lowest BCUT2D eigenvalue weighted by Gasteiger charge is -2.26. The van der Waals surface area contributed by atoms with Crippen molar-refractivity contribution in [3.63, 3.8) is 0 Å². The van der Waals surface area contributed by atoms with Crippen LogP contribution in [0.3, 0.4) is 0 Å². The molecule has 134 valence electrons. The van der Waals surface area contributed by atoms with Gasteiger partial charge in [-0.15, -0.1) is 0 Å². The molecule has 4 nitrogen and oxygen atoms in total. The molecule has 1 aromatic heterocycles. The van der Waals surface area contributed by atoms with Gasteiger partial charge in [0.25, 0.3) is 5.91 Å². The van der Waals surface area contributed by atoms with Crippen LogP contribution in [0.1, 0.15) is 38.1 Å². The van der Waals surface area contributed by atoms with Crippen LogP contribution >= 0.6 is 0 Å². The Balaban J connectivity index is 2.15. The van der Waals surface area contributed by atoms with Gasteiger partial charge in [-0.3, -0.25) is 4.79 Å². The maximum absolute atomic E-state index is 12.8. The summed E-state index contributed by atoms with van der Waals surface area (Å²) in [7, 11) is 1.98. The Kier molecular flexibility index (Phi) is 6.57. The summed E-state index contributed by atoms with van der Waals surface area (Å²) in [5.74, 6) is 1.77. The minimum atomic E-state index is 0.0591. The number of benzene rings is 1. The van der Waals surface area contributed by atoms with Gasteiger partial charge < -0.3 is 9.80 Å². The van der Waals surface area contributed by atoms with Crippen LogP contribution in [-0.4, -0.2) is 35.9 Å². The molecule has 0 aliphatic rings. The predicted octanol–water partition coefficient (Wildman–Crippen LogP) is 4.60.